The molecule has 0 fully saturated rings. The van der Waals surface area contributed by atoms with Gasteiger partial charge >= 0.3 is 0 Å². The van der Waals surface area contributed by atoms with E-state index in [9.17, 15) is 0 Å². The van der Waals surface area contributed by atoms with Gasteiger partial charge in [-0.2, -0.15) is 0 Å². The number of anilines is 1. The second-order valence-corrected chi connectivity index (χ2v) is 5.58. The first-order valence-electron chi connectivity index (χ1n) is 6.73. The number of fused-ring (bicyclic) bond motifs is 1. The van der Waals surface area contributed by atoms with E-state index >= 15 is 0 Å². The molecular weight excluding hydrogens is 284 g/mol. The summed E-state index contributed by atoms with van der Waals surface area (Å²) in [6, 6.07) is 5.86. The molecule has 7 heteroatoms. The fourth-order valence-electron chi connectivity index (χ4n) is 2.25. The Morgan fingerprint density at radius 1 is 1.29 bits per heavy atom. The summed E-state index contributed by atoms with van der Waals surface area (Å²) in [5.74, 6) is 1.14. The van der Waals surface area contributed by atoms with E-state index in [1.165, 1.54) is 0 Å². The van der Waals surface area contributed by atoms with Crippen LogP contribution in [0.4, 0.5) is 5.95 Å². The maximum absolute atomic E-state index is 6.04. The number of nitrogens with zero attached hydrogens (tertiary/aromatic N) is 5. The Kier molecular flexibility index (Phi) is 3.74. The van der Waals surface area contributed by atoms with Gasteiger partial charge in [0.15, 0.2) is 10.8 Å². The number of rotatable bonds is 4. The van der Waals surface area contributed by atoms with Gasteiger partial charge in [-0.1, -0.05) is 24.8 Å². The molecule has 6 nitrogen and oxygen atoms in total. The third-order valence-electron chi connectivity index (χ3n) is 3.28. The van der Waals surface area contributed by atoms with Crippen LogP contribution in [0.1, 0.15) is 23.9 Å². The van der Waals surface area contributed by atoms with E-state index in [4.69, 9.17) is 5.73 Å². The average Bonchev–Trinajstić information content (AvgIpc) is 2.91. The van der Waals surface area contributed by atoms with Gasteiger partial charge in [0.1, 0.15) is 0 Å². The highest BCUT2D eigenvalue weighted by molar-refractivity contribution is 7.98. The quantitative estimate of drug-likeness (QED) is 0.744. The minimum atomic E-state index is 0.424. The number of aromatic nitrogens is 5. The molecule has 3 aromatic heterocycles. The van der Waals surface area contributed by atoms with Crippen molar-refractivity contribution in [3.05, 3.63) is 41.3 Å². The zero-order valence-electron chi connectivity index (χ0n) is 11.9. The summed E-state index contributed by atoms with van der Waals surface area (Å²) >= 11 is 1.56. The van der Waals surface area contributed by atoms with Crippen LogP contribution in [0.2, 0.25) is 0 Å². The summed E-state index contributed by atoms with van der Waals surface area (Å²) in [6.07, 6.45) is 2.64. The molecule has 0 aliphatic heterocycles. The maximum atomic E-state index is 6.04. The smallest absolute Gasteiger partial charge is 0.208 e. The highest BCUT2D eigenvalue weighted by atomic mass is 32.2. The minimum Gasteiger partial charge on any atom is -0.369 e. The molecule has 0 spiro atoms. The van der Waals surface area contributed by atoms with Crippen molar-refractivity contribution < 1.29 is 0 Å². The number of hydrogen-bond acceptors (Lipinski definition) is 6. The highest BCUT2D eigenvalue weighted by Gasteiger charge is 2.15. The summed E-state index contributed by atoms with van der Waals surface area (Å²) in [4.78, 5) is 8.70. The van der Waals surface area contributed by atoms with Gasteiger partial charge < -0.3 is 5.73 Å². The number of hydrogen-bond donors (Lipinski definition) is 1. The normalized spacial score (nSPS) is 11.1. The van der Waals surface area contributed by atoms with E-state index in [1.807, 2.05) is 29.5 Å². The van der Waals surface area contributed by atoms with Crippen LogP contribution in [-0.4, -0.2) is 24.6 Å². The van der Waals surface area contributed by atoms with Crippen LogP contribution < -0.4 is 5.73 Å². The summed E-state index contributed by atoms with van der Waals surface area (Å²) in [5.41, 5.74) is 9.83. The van der Waals surface area contributed by atoms with E-state index in [0.29, 0.717) is 5.95 Å². The fraction of sp³-hybridized carbons (Fsp3) is 0.286. The molecule has 0 bridgehead atoms. The second-order valence-electron chi connectivity index (χ2n) is 4.64. The van der Waals surface area contributed by atoms with Crippen molar-refractivity contribution in [1.29, 1.82) is 0 Å². The van der Waals surface area contributed by atoms with Gasteiger partial charge in [0.25, 0.3) is 0 Å². The van der Waals surface area contributed by atoms with Crippen LogP contribution in [0, 0.1) is 6.92 Å². The topological polar surface area (TPSA) is 82.0 Å². The molecule has 0 saturated heterocycles. The first-order valence-corrected chi connectivity index (χ1v) is 7.72. The van der Waals surface area contributed by atoms with Crippen molar-refractivity contribution in [3.8, 4) is 0 Å². The molecule has 0 aliphatic rings. The molecule has 0 radical (unpaired) electrons. The van der Waals surface area contributed by atoms with Crippen molar-refractivity contribution in [1.82, 2.24) is 24.6 Å². The van der Waals surface area contributed by atoms with Crippen LogP contribution in [0.3, 0.4) is 0 Å². The first kappa shape index (κ1) is 13.8. The fourth-order valence-corrected chi connectivity index (χ4v) is 3.11. The molecule has 0 aliphatic carbocycles. The Morgan fingerprint density at radius 2 is 2.14 bits per heavy atom. The van der Waals surface area contributed by atoms with Crippen LogP contribution in [-0.2, 0) is 12.2 Å². The van der Waals surface area contributed by atoms with E-state index in [2.05, 4.69) is 27.1 Å². The van der Waals surface area contributed by atoms with Crippen LogP contribution >= 0.6 is 11.8 Å². The third-order valence-corrected chi connectivity index (χ3v) is 4.24. The zero-order valence-corrected chi connectivity index (χ0v) is 12.8. The standard InChI is InChI=1S/C14H16N6S/c1-3-11-9(2)17-13(15)20-12(11)18-19-14(20)21-8-10-6-4-5-7-16-10/h4-7H,3,8H2,1-2H3,(H2,15,17). The average molecular weight is 300 g/mol. The molecule has 0 aromatic carbocycles. The van der Waals surface area contributed by atoms with Crippen molar-refractivity contribution >= 4 is 23.4 Å². The molecule has 2 N–H and O–H groups in total. The molecule has 3 rings (SSSR count). The molecule has 3 aromatic rings. The Morgan fingerprint density at radius 3 is 2.86 bits per heavy atom. The molecule has 0 unspecified atom stereocenters. The molecular formula is C14H16N6S. The lowest BCUT2D eigenvalue weighted by Crippen LogP contribution is -2.06. The number of pyridine rings is 1. The summed E-state index contributed by atoms with van der Waals surface area (Å²) < 4.78 is 1.82. The molecule has 0 saturated carbocycles. The highest BCUT2D eigenvalue weighted by Crippen LogP contribution is 2.25. The Balaban J connectivity index is 1.97. The van der Waals surface area contributed by atoms with E-state index in [0.717, 1.165) is 39.9 Å². The lowest BCUT2D eigenvalue weighted by molar-refractivity contribution is 0.899. The molecule has 0 atom stereocenters. The SMILES string of the molecule is CCc1c(C)nc(N)n2c(SCc3ccccn3)nnc12. The van der Waals surface area contributed by atoms with E-state index < -0.39 is 0 Å². The summed E-state index contributed by atoms with van der Waals surface area (Å²) in [5, 5.41) is 9.27. The number of nitrogens with two attached hydrogens (primary N) is 1. The van der Waals surface area contributed by atoms with E-state index in [1.54, 1.807) is 18.0 Å². The lowest BCUT2D eigenvalue weighted by atomic mass is 10.2. The Bertz CT molecular complexity index is 768. The second kappa shape index (κ2) is 5.69. The van der Waals surface area contributed by atoms with Gasteiger partial charge in [0.05, 0.1) is 5.69 Å². The summed E-state index contributed by atoms with van der Waals surface area (Å²) in [7, 11) is 0. The number of thioether (sulfide) groups is 1. The molecule has 0 amide bonds. The van der Waals surface area contributed by atoms with Gasteiger partial charge in [-0.25, -0.2) is 9.38 Å². The molecule has 108 valence electrons. The van der Waals surface area contributed by atoms with Gasteiger partial charge in [-0.15, -0.1) is 10.2 Å². The first-order chi connectivity index (χ1) is 10.2. The largest absolute Gasteiger partial charge is 0.369 e. The van der Waals surface area contributed by atoms with Crippen molar-refractivity contribution in [3.63, 3.8) is 0 Å². The van der Waals surface area contributed by atoms with Crippen molar-refractivity contribution in [2.24, 2.45) is 0 Å². The van der Waals surface area contributed by atoms with E-state index in [-0.39, 0.29) is 0 Å². The number of aryl methyl sites for hydroxylation is 2. The summed E-state index contributed by atoms with van der Waals surface area (Å²) in [6.45, 7) is 4.03. The predicted molar refractivity (Wildman–Crippen MR) is 83.1 cm³/mol. The predicted octanol–water partition coefficient (Wildman–Crippen LogP) is 2.26. The lowest BCUT2D eigenvalue weighted by Gasteiger charge is -2.08. The van der Waals surface area contributed by atoms with Gasteiger partial charge in [-0.05, 0) is 25.5 Å². The van der Waals surface area contributed by atoms with Crippen LogP contribution in [0.15, 0.2) is 29.6 Å². The monoisotopic (exact) mass is 300 g/mol. The van der Waals surface area contributed by atoms with Crippen LogP contribution in [0.5, 0.6) is 0 Å². The van der Waals surface area contributed by atoms with Crippen LogP contribution in [0.25, 0.3) is 5.65 Å². The Labute approximate surface area is 126 Å². The third kappa shape index (κ3) is 2.56. The zero-order chi connectivity index (χ0) is 14.8. The van der Waals surface area contributed by atoms with Gasteiger partial charge in [-0.3, -0.25) is 4.98 Å². The van der Waals surface area contributed by atoms with Gasteiger partial charge in [0.2, 0.25) is 5.95 Å². The number of nitrogen functional groups attached to an aromatic ring is 1. The van der Waals surface area contributed by atoms with Crippen molar-refractivity contribution in [2.45, 2.75) is 31.2 Å². The minimum absolute atomic E-state index is 0.424. The van der Waals surface area contributed by atoms with Crippen molar-refractivity contribution in [2.75, 3.05) is 5.73 Å². The molecule has 3 heterocycles. The molecule has 21 heavy (non-hydrogen) atoms. The van der Waals surface area contributed by atoms with Gasteiger partial charge in [0, 0.05) is 23.2 Å². The Hall–Kier alpha value is -2.15. The maximum Gasteiger partial charge on any atom is 0.208 e.